The Morgan fingerprint density at radius 3 is 0.744 bits per heavy atom. The molecular formula is C36H34ClSiY-2. The van der Waals surface area contributed by atoms with E-state index in [2.05, 4.69) is 171 Å². The average Bonchev–Trinajstić information content (AvgIpc) is 3.67. The van der Waals surface area contributed by atoms with Crippen molar-refractivity contribution < 1.29 is 32.7 Å². The summed E-state index contributed by atoms with van der Waals surface area (Å²) >= 11 is 0. The van der Waals surface area contributed by atoms with Crippen molar-refractivity contribution >= 4 is 21.9 Å². The minimum Gasteiger partial charge on any atom is -0.175 e. The summed E-state index contributed by atoms with van der Waals surface area (Å²) in [6.45, 7) is 4.42. The molecular weight excluding hydrogens is 585 g/mol. The quantitative estimate of drug-likeness (QED) is 0.136. The predicted octanol–water partition coefficient (Wildman–Crippen LogP) is 10.4. The molecule has 39 heavy (non-hydrogen) atoms. The molecule has 6 aromatic rings. The van der Waals surface area contributed by atoms with Crippen LogP contribution in [0.15, 0.2) is 158 Å². The molecule has 0 unspecified atom stereocenters. The normalized spacial score (nSPS) is 9.49. The summed E-state index contributed by atoms with van der Waals surface area (Å²) in [4.78, 5) is 0. The Hall–Kier alpha value is -2.81. The van der Waals surface area contributed by atoms with Crippen LogP contribution in [0.4, 0.5) is 0 Å². The van der Waals surface area contributed by atoms with Crippen LogP contribution in [0.1, 0.15) is 0 Å². The Labute approximate surface area is 268 Å². The van der Waals surface area contributed by atoms with Gasteiger partial charge in [0.2, 0.25) is 0 Å². The van der Waals surface area contributed by atoms with Crippen molar-refractivity contribution in [1.29, 1.82) is 0 Å². The van der Waals surface area contributed by atoms with Crippen LogP contribution in [-0.4, -0.2) is 9.52 Å². The maximum atomic E-state index is 2.21. The van der Waals surface area contributed by atoms with E-state index in [4.69, 9.17) is 0 Å². The van der Waals surface area contributed by atoms with Crippen molar-refractivity contribution in [2.75, 3.05) is 0 Å². The molecule has 0 fully saturated rings. The van der Waals surface area contributed by atoms with Gasteiger partial charge >= 0.3 is 0 Å². The Balaban J connectivity index is 0.000000238. The third-order valence-electron chi connectivity index (χ3n) is 5.97. The first-order valence-electron chi connectivity index (χ1n) is 12.8. The van der Waals surface area contributed by atoms with Crippen LogP contribution < -0.4 is 0 Å². The molecule has 0 bridgehead atoms. The van der Waals surface area contributed by atoms with Crippen LogP contribution in [-0.2, 0) is 32.7 Å². The molecule has 0 N–H and O–H groups in total. The third-order valence-corrected chi connectivity index (χ3v) is 5.97. The number of hydrogen-bond donors (Lipinski definition) is 0. The van der Waals surface area contributed by atoms with E-state index >= 15 is 0 Å². The first kappa shape index (κ1) is 32.4. The summed E-state index contributed by atoms with van der Waals surface area (Å²) < 4.78 is 0. The minimum absolute atomic E-state index is 0. The standard InChI is InChI=1S/2C17H13.C2H7Si.ClH.Y/c2*1-3-8-14(9-4-1)16-12-7-13-17(16)15-10-5-2-6-11-15;1-3-2;;/h2*1-13H;3H,1-2H3;1H;/q2*-1;;;. The van der Waals surface area contributed by atoms with E-state index in [-0.39, 0.29) is 45.1 Å². The Kier molecular flexibility index (Phi) is 14.7. The number of hydrogen-bond acceptors (Lipinski definition) is 0. The first-order valence-corrected chi connectivity index (χ1v) is 15.1. The van der Waals surface area contributed by atoms with E-state index in [1.165, 1.54) is 44.5 Å². The summed E-state index contributed by atoms with van der Waals surface area (Å²) in [6.07, 6.45) is 0. The van der Waals surface area contributed by atoms with Crippen molar-refractivity contribution in [3.8, 4) is 44.5 Å². The summed E-state index contributed by atoms with van der Waals surface area (Å²) in [5.74, 6) is 0. The smallest absolute Gasteiger partial charge is 0.0213 e. The van der Waals surface area contributed by atoms with Crippen molar-refractivity contribution in [3.05, 3.63) is 158 Å². The second-order valence-electron chi connectivity index (χ2n) is 8.75. The molecule has 6 rings (SSSR count). The first-order chi connectivity index (χ1) is 18.3. The Bertz CT molecular complexity index is 1220. The Morgan fingerprint density at radius 2 is 0.564 bits per heavy atom. The molecule has 3 heteroatoms. The second kappa shape index (κ2) is 17.7. The van der Waals surface area contributed by atoms with Gasteiger partial charge in [0, 0.05) is 42.2 Å². The van der Waals surface area contributed by atoms with Gasteiger partial charge in [-0.15, -0.1) is 12.4 Å². The van der Waals surface area contributed by atoms with Crippen LogP contribution in [0.25, 0.3) is 44.5 Å². The molecule has 0 amide bonds. The molecule has 0 aromatic heterocycles. The second-order valence-corrected chi connectivity index (χ2v) is 9.90. The van der Waals surface area contributed by atoms with Crippen molar-refractivity contribution in [3.63, 3.8) is 0 Å². The predicted molar refractivity (Wildman–Crippen MR) is 172 cm³/mol. The molecule has 0 aliphatic carbocycles. The monoisotopic (exact) mass is 618 g/mol. The van der Waals surface area contributed by atoms with Crippen molar-refractivity contribution in [2.45, 2.75) is 13.1 Å². The van der Waals surface area contributed by atoms with Gasteiger partial charge in [-0.25, -0.2) is 0 Å². The Morgan fingerprint density at radius 1 is 0.385 bits per heavy atom. The van der Waals surface area contributed by atoms with Gasteiger partial charge < -0.3 is 0 Å². The maximum Gasteiger partial charge on any atom is 0.0213 e. The van der Waals surface area contributed by atoms with E-state index in [1.807, 2.05) is 0 Å². The molecule has 6 aromatic carbocycles. The summed E-state index contributed by atoms with van der Waals surface area (Å²) in [6, 6.07) is 55.0. The number of halogens is 1. The molecule has 0 spiro atoms. The molecule has 0 aliphatic heterocycles. The van der Waals surface area contributed by atoms with Gasteiger partial charge in [0.05, 0.1) is 0 Å². The van der Waals surface area contributed by atoms with Gasteiger partial charge in [-0.1, -0.05) is 157 Å². The van der Waals surface area contributed by atoms with Gasteiger partial charge in [-0.05, 0) is 0 Å². The maximum absolute atomic E-state index is 2.21. The van der Waals surface area contributed by atoms with Gasteiger partial charge in [-0.3, -0.25) is 0 Å². The fourth-order valence-corrected chi connectivity index (χ4v) is 4.32. The van der Waals surface area contributed by atoms with Gasteiger partial charge in [-0.2, -0.15) is 58.7 Å². The van der Waals surface area contributed by atoms with Crippen molar-refractivity contribution in [2.24, 2.45) is 0 Å². The summed E-state index contributed by atoms with van der Waals surface area (Å²) in [5, 5.41) is 0. The van der Waals surface area contributed by atoms with Crippen LogP contribution in [0.5, 0.6) is 0 Å². The zero-order chi connectivity index (χ0) is 25.7. The fraction of sp³-hybridized carbons (Fsp3) is 0.0556. The topological polar surface area (TPSA) is 0 Å². The van der Waals surface area contributed by atoms with E-state index in [9.17, 15) is 0 Å². The molecule has 0 nitrogen and oxygen atoms in total. The number of benzene rings is 4. The van der Waals surface area contributed by atoms with Gasteiger partial charge in [0.25, 0.3) is 0 Å². The largest absolute Gasteiger partial charge is 0.175 e. The van der Waals surface area contributed by atoms with Gasteiger partial charge in [0.15, 0.2) is 0 Å². The molecule has 0 saturated heterocycles. The van der Waals surface area contributed by atoms with Crippen molar-refractivity contribution in [1.82, 2.24) is 0 Å². The van der Waals surface area contributed by atoms with Crippen LogP contribution >= 0.6 is 12.4 Å². The zero-order valence-electron chi connectivity index (χ0n) is 22.6. The molecule has 0 saturated carbocycles. The molecule has 0 aliphatic rings. The van der Waals surface area contributed by atoms with Crippen LogP contribution in [0, 0.1) is 0 Å². The van der Waals surface area contributed by atoms with E-state index < -0.39 is 0 Å². The van der Waals surface area contributed by atoms with Crippen LogP contribution in [0.3, 0.4) is 0 Å². The average molecular weight is 619 g/mol. The molecule has 2 radical (unpaired) electrons. The fourth-order valence-electron chi connectivity index (χ4n) is 4.32. The van der Waals surface area contributed by atoms with E-state index in [1.54, 1.807) is 0 Å². The van der Waals surface area contributed by atoms with Crippen LogP contribution in [0.2, 0.25) is 13.1 Å². The van der Waals surface area contributed by atoms with E-state index in [0.29, 0.717) is 0 Å². The van der Waals surface area contributed by atoms with Gasteiger partial charge in [0.1, 0.15) is 0 Å². The molecule has 194 valence electrons. The zero-order valence-corrected chi connectivity index (χ0v) is 27.4. The third kappa shape index (κ3) is 9.12. The summed E-state index contributed by atoms with van der Waals surface area (Å²) in [7, 11) is 0.750. The van der Waals surface area contributed by atoms with E-state index in [0.717, 1.165) is 9.52 Å². The minimum atomic E-state index is 0. The number of rotatable bonds is 4. The summed E-state index contributed by atoms with van der Waals surface area (Å²) in [5.41, 5.74) is 10.3. The SMILES string of the molecule is C[SiH]C.Cl.[Y].c1ccc(-c2c[cH-]cc2-c2ccccc2)cc1.c1ccc(-c2c[cH-]cc2-c2ccccc2)cc1. The molecule has 0 atom stereocenters. The molecule has 0 heterocycles.